The molecule has 0 unspecified atom stereocenters. The van der Waals surface area contributed by atoms with E-state index < -0.39 is 0 Å². The topological polar surface area (TPSA) is 3.24 Å². The Kier molecular flexibility index (Phi) is 1.28. The molecule has 0 aromatic carbocycles. The molecule has 0 bridgehead atoms. The molecule has 0 N–H and O–H groups in total. The van der Waals surface area contributed by atoms with Crippen molar-refractivity contribution < 1.29 is 0 Å². The van der Waals surface area contributed by atoms with Gasteiger partial charge >= 0.3 is 0 Å². The van der Waals surface area contributed by atoms with Gasteiger partial charge in [-0.2, -0.15) is 0 Å². The van der Waals surface area contributed by atoms with E-state index in [9.17, 15) is 0 Å². The predicted octanol–water partition coefficient (Wildman–Crippen LogP) is 1.48. The summed E-state index contributed by atoms with van der Waals surface area (Å²) in [5, 5.41) is 0. The van der Waals surface area contributed by atoms with E-state index in [0.717, 1.165) is 5.88 Å². The van der Waals surface area contributed by atoms with E-state index >= 15 is 0 Å². The van der Waals surface area contributed by atoms with Crippen LogP contribution in [0.3, 0.4) is 0 Å². The number of rotatable bonds is 0. The highest BCUT2D eigenvalue weighted by molar-refractivity contribution is 8.03. The van der Waals surface area contributed by atoms with Gasteiger partial charge in [0.2, 0.25) is 0 Å². The van der Waals surface area contributed by atoms with E-state index in [4.69, 9.17) is 0 Å². The first-order valence-electron chi connectivity index (χ1n) is 2.30. The molecule has 0 saturated heterocycles. The van der Waals surface area contributed by atoms with Crippen LogP contribution in [0, 0.1) is 0 Å². The summed E-state index contributed by atoms with van der Waals surface area (Å²) in [4.78, 5) is 3.60. The van der Waals surface area contributed by atoms with Gasteiger partial charge in [-0.15, -0.1) is 11.8 Å². The molecule has 1 aliphatic heterocycles. The minimum absolute atomic E-state index is 1.13. The van der Waals surface area contributed by atoms with E-state index in [-0.39, 0.29) is 0 Å². The number of hydrogen-bond acceptors (Lipinski definition) is 2. The Morgan fingerprint density at radius 2 is 2.57 bits per heavy atom. The van der Waals surface area contributed by atoms with Gasteiger partial charge in [-0.1, -0.05) is 0 Å². The van der Waals surface area contributed by atoms with E-state index in [2.05, 4.69) is 25.1 Å². The Hall–Kier alpha value is -0.110. The molecule has 0 aromatic rings. The predicted molar refractivity (Wildman–Crippen MR) is 34.0 cm³/mol. The van der Waals surface area contributed by atoms with Crippen LogP contribution in [0.1, 0.15) is 6.92 Å². The Bertz CT molecular complexity index is 98.3. The molecule has 0 radical (unpaired) electrons. The third-order valence-electron chi connectivity index (χ3n) is 0.898. The zero-order valence-electron chi connectivity index (χ0n) is 4.64. The Balaban J connectivity index is 2.50. The van der Waals surface area contributed by atoms with Crippen molar-refractivity contribution >= 4 is 11.8 Å². The van der Waals surface area contributed by atoms with Crippen LogP contribution in [-0.4, -0.2) is 17.8 Å². The van der Waals surface area contributed by atoms with E-state index in [0.29, 0.717) is 0 Å². The van der Waals surface area contributed by atoms with Gasteiger partial charge in [0.1, 0.15) is 0 Å². The lowest BCUT2D eigenvalue weighted by atomic mass is 10.7. The molecule has 0 amide bonds. The molecular weight excluding hydrogens is 106 g/mol. The zero-order valence-corrected chi connectivity index (χ0v) is 5.46. The fourth-order valence-electron chi connectivity index (χ4n) is 0.589. The molecule has 1 rings (SSSR count). The molecule has 0 fully saturated rings. The van der Waals surface area contributed by atoms with Gasteiger partial charge in [0, 0.05) is 13.2 Å². The average Bonchev–Trinajstić information content (AvgIpc) is 1.87. The summed E-state index contributed by atoms with van der Waals surface area (Å²) in [6.45, 7) is 2.13. The first-order chi connectivity index (χ1) is 3.29. The summed E-state index contributed by atoms with van der Waals surface area (Å²) in [5.74, 6) is 1.13. The molecule has 7 heavy (non-hydrogen) atoms. The van der Waals surface area contributed by atoms with Crippen LogP contribution in [-0.2, 0) is 0 Å². The molecule has 1 heterocycles. The maximum absolute atomic E-state index is 2.18. The second-order valence-corrected chi connectivity index (χ2v) is 2.96. The maximum Gasteiger partial charge on any atom is 0.0674 e. The Labute approximate surface area is 48.4 Å². The van der Waals surface area contributed by atoms with Gasteiger partial charge in [0.05, 0.1) is 5.88 Å². The highest BCUT2D eigenvalue weighted by Crippen LogP contribution is 2.22. The van der Waals surface area contributed by atoms with Crippen molar-refractivity contribution in [1.29, 1.82) is 0 Å². The van der Waals surface area contributed by atoms with E-state index in [1.165, 1.54) is 4.91 Å². The van der Waals surface area contributed by atoms with Gasteiger partial charge in [0.25, 0.3) is 0 Å². The van der Waals surface area contributed by atoms with Crippen LogP contribution in [0.4, 0.5) is 0 Å². The van der Waals surface area contributed by atoms with Gasteiger partial charge in [-0.25, -0.2) is 0 Å². The van der Waals surface area contributed by atoms with Crippen molar-refractivity contribution in [3.63, 3.8) is 0 Å². The normalized spacial score (nSPS) is 20.3. The minimum Gasteiger partial charge on any atom is -0.370 e. The summed E-state index contributed by atoms with van der Waals surface area (Å²) in [7, 11) is 2.09. The molecule has 1 nitrogen and oxygen atoms in total. The van der Waals surface area contributed by atoms with Crippen molar-refractivity contribution in [2.45, 2.75) is 6.92 Å². The van der Waals surface area contributed by atoms with Crippen LogP contribution in [0.2, 0.25) is 0 Å². The maximum atomic E-state index is 2.18. The zero-order chi connectivity index (χ0) is 5.28. The summed E-state index contributed by atoms with van der Waals surface area (Å²) in [6.07, 6.45) is 2.16. The molecule has 0 atom stereocenters. The van der Waals surface area contributed by atoms with Crippen molar-refractivity contribution in [1.82, 2.24) is 4.90 Å². The monoisotopic (exact) mass is 115 g/mol. The lowest BCUT2D eigenvalue weighted by Gasteiger charge is -2.01. The second-order valence-electron chi connectivity index (χ2n) is 1.77. The summed E-state index contributed by atoms with van der Waals surface area (Å²) in [6, 6.07) is 0. The summed E-state index contributed by atoms with van der Waals surface area (Å²) >= 11 is 1.89. The van der Waals surface area contributed by atoms with Crippen LogP contribution in [0.15, 0.2) is 11.1 Å². The van der Waals surface area contributed by atoms with Crippen LogP contribution >= 0.6 is 11.8 Å². The van der Waals surface area contributed by atoms with Crippen LogP contribution in [0.5, 0.6) is 0 Å². The molecule has 0 aromatic heterocycles. The average molecular weight is 115 g/mol. The largest absolute Gasteiger partial charge is 0.370 e. The summed E-state index contributed by atoms with van der Waals surface area (Å²) in [5.41, 5.74) is 0. The highest BCUT2D eigenvalue weighted by atomic mass is 32.2. The molecule has 40 valence electrons. The number of nitrogens with zero attached hydrogens (tertiary/aromatic N) is 1. The highest BCUT2D eigenvalue weighted by Gasteiger charge is 2.01. The minimum atomic E-state index is 1.13. The van der Waals surface area contributed by atoms with Crippen molar-refractivity contribution in [2.24, 2.45) is 0 Å². The van der Waals surface area contributed by atoms with Crippen LogP contribution < -0.4 is 0 Å². The third-order valence-corrected chi connectivity index (χ3v) is 2.00. The molecule has 0 aliphatic carbocycles. The lowest BCUT2D eigenvalue weighted by Crippen LogP contribution is -2.02. The van der Waals surface area contributed by atoms with Crippen molar-refractivity contribution in [3.05, 3.63) is 11.1 Å². The SMILES string of the molecule is CC1=CN(C)CS1. The van der Waals surface area contributed by atoms with E-state index in [1.54, 1.807) is 0 Å². The molecule has 1 aliphatic rings. The number of allylic oxidation sites excluding steroid dienone is 1. The second kappa shape index (κ2) is 1.78. The third kappa shape index (κ3) is 1.13. The van der Waals surface area contributed by atoms with Gasteiger partial charge in [0.15, 0.2) is 0 Å². The fourth-order valence-corrected chi connectivity index (χ4v) is 1.32. The fraction of sp³-hybridized carbons (Fsp3) is 0.600. The molecule has 2 heteroatoms. The summed E-state index contributed by atoms with van der Waals surface area (Å²) < 4.78 is 0. The molecular formula is C5H9NS. The molecule has 0 saturated carbocycles. The van der Waals surface area contributed by atoms with E-state index in [1.807, 2.05) is 11.8 Å². The Morgan fingerprint density at radius 1 is 1.86 bits per heavy atom. The standard InChI is InChI=1S/C5H9NS/c1-5-3-6(2)4-7-5/h3H,4H2,1-2H3. The number of hydrogen-bond donors (Lipinski definition) is 0. The van der Waals surface area contributed by atoms with Gasteiger partial charge < -0.3 is 4.90 Å². The Morgan fingerprint density at radius 3 is 2.71 bits per heavy atom. The quantitative estimate of drug-likeness (QED) is 0.470. The van der Waals surface area contributed by atoms with Gasteiger partial charge in [-0.05, 0) is 11.8 Å². The smallest absolute Gasteiger partial charge is 0.0674 e. The first-order valence-corrected chi connectivity index (χ1v) is 3.29. The van der Waals surface area contributed by atoms with Gasteiger partial charge in [-0.3, -0.25) is 0 Å². The first kappa shape index (κ1) is 5.04. The van der Waals surface area contributed by atoms with Crippen molar-refractivity contribution in [2.75, 3.05) is 12.9 Å². The lowest BCUT2D eigenvalue weighted by molar-refractivity contribution is 0.550. The molecule has 0 spiro atoms. The van der Waals surface area contributed by atoms with Crippen molar-refractivity contribution in [3.8, 4) is 0 Å². The number of thioether (sulfide) groups is 1. The van der Waals surface area contributed by atoms with Crippen LogP contribution in [0.25, 0.3) is 0 Å².